The number of carboxylic acid groups (broad SMARTS) is 1. The van der Waals surface area contributed by atoms with Crippen LogP contribution < -0.4 is 0 Å². The van der Waals surface area contributed by atoms with E-state index in [0.717, 1.165) is 30.8 Å². The van der Waals surface area contributed by atoms with Gasteiger partial charge in [-0.3, -0.25) is 14.4 Å². The largest absolute Gasteiger partial charge is 0.490 e. The van der Waals surface area contributed by atoms with E-state index in [4.69, 9.17) is 33.1 Å². The number of piperidine rings is 2. The molecule has 0 aromatic heterocycles. The van der Waals surface area contributed by atoms with E-state index in [1.54, 1.807) is 21.9 Å². The summed E-state index contributed by atoms with van der Waals surface area (Å²) >= 11 is 12.4. The minimum absolute atomic E-state index is 0.0268. The van der Waals surface area contributed by atoms with Gasteiger partial charge in [0.05, 0.1) is 27.1 Å². The summed E-state index contributed by atoms with van der Waals surface area (Å²) < 4.78 is 113. The van der Waals surface area contributed by atoms with Gasteiger partial charge in [0.1, 0.15) is 0 Å². The Balaban J connectivity index is 0.000000845. The number of amides is 3. The highest BCUT2D eigenvalue weighted by atomic mass is 35.5. The molecule has 3 amide bonds. The number of alkyl halides is 9. The van der Waals surface area contributed by atoms with Gasteiger partial charge < -0.3 is 24.7 Å². The van der Waals surface area contributed by atoms with Crippen LogP contribution >= 0.6 is 23.2 Å². The molecule has 298 valence electrons. The Morgan fingerprint density at radius 1 is 0.815 bits per heavy atom. The molecule has 3 atom stereocenters. The first kappa shape index (κ1) is 43.0. The highest BCUT2D eigenvalue weighted by Crippen LogP contribution is 2.39. The van der Waals surface area contributed by atoms with Crippen LogP contribution in [0.5, 0.6) is 0 Å². The summed E-state index contributed by atoms with van der Waals surface area (Å²) in [6.07, 6.45) is -13.4. The average Bonchev–Trinajstić information content (AvgIpc) is 3.48. The van der Waals surface area contributed by atoms with Crippen LogP contribution in [0.2, 0.25) is 10.0 Å². The van der Waals surface area contributed by atoms with E-state index in [1.165, 1.54) is 13.1 Å². The van der Waals surface area contributed by atoms with Crippen molar-refractivity contribution < 1.29 is 63.8 Å². The number of carboxylic acids is 1. The second-order valence-electron chi connectivity index (χ2n) is 13.4. The van der Waals surface area contributed by atoms with Crippen molar-refractivity contribution in [3.63, 3.8) is 0 Å². The minimum Gasteiger partial charge on any atom is -0.475 e. The Labute approximate surface area is 313 Å². The number of benzene rings is 2. The SMILES string of the molecule is CN1CCC(N2CC(C(=O)N3CC[C@@H](N(C)C(=O)c4cc(C(F)(F)F)cc(C(F)(F)F)c4)[C@H](c4ccc(Cl)c(Cl)c4)C3)CC2=O)CC1.O=C(O)C(F)(F)F. The van der Waals surface area contributed by atoms with Crippen molar-refractivity contribution in [3.8, 4) is 0 Å². The Hall–Kier alpha value is -3.77. The summed E-state index contributed by atoms with van der Waals surface area (Å²) in [4.78, 5) is 56.0. The fourth-order valence-electron chi connectivity index (χ4n) is 6.92. The fraction of sp³-hybridized carbons (Fsp3) is 0.529. The lowest BCUT2D eigenvalue weighted by atomic mass is 9.84. The molecule has 5 rings (SSSR count). The zero-order valence-electron chi connectivity index (χ0n) is 28.7. The van der Waals surface area contributed by atoms with Crippen molar-refractivity contribution in [2.24, 2.45) is 5.92 Å². The summed E-state index contributed by atoms with van der Waals surface area (Å²) in [5.74, 6) is -5.26. The zero-order valence-corrected chi connectivity index (χ0v) is 30.2. The number of hydrogen-bond donors (Lipinski definition) is 1. The molecule has 0 bridgehead atoms. The number of nitrogens with zero attached hydrogens (tertiary/aromatic N) is 4. The molecule has 54 heavy (non-hydrogen) atoms. The zero-order chi connectivity index (χ0) is 40.5. The summed E-state index contributed by atoms with van der Waals surface area (Å²) in [6, 6.07) is 4.90. The normalized spacial score (nSPS) is 21.8. The molecule has 3 heterocycles. The van der Waals surface area contributed by atoms with Crippen LogP contribution in [-0.2, 0) is 26.7 Å². The van der Waals surface area contributed by atoms with Crippen molar-refractivity contribution in [2.75, 3.05) is 46.8 Å². The summed E-state index contributed by atoms with van der Waals surface area (Å²) in [5, 5.41) is 7.57. The number of halogens is 11. The monoisotopic (exact) mass is 820 g/mol. The molecule has 0 aliphatic carbocycles. The van der Waals surface area contributed by atoms with E-state index in [-0.39, 0.29) is 59.9 Å². The standard InChI is InChI=1S/C32H34Cl2F6N4O3.C2HF3O2/c1-41-8-5-23(6-9-41)44-16-20(14-28(44)45)30(47)43-10-7-27(24(17-43)18-3-4-25(33)26(34)13-18)42(2)29(46)19-11-21(31(35,36)37)15-22(12-19)32(38,39)40;3-2(4,5)1(6)7/h3-4,11-13,15,20,23-24,27H,5-10,14,16-17H2,1-2H3;(H,6,7)/t20?,24-,27+;/m0./s1. The molecule has 3 aliphatic heterocycles. The van der Waals surface area contributed by atoms with Crippen molar-refractivity contribution in [3.05, 3.63) is 68.7 Å². The number of rotatable bonds is 5. The average molecular weight is 822 g/mol. The molecule has 1 N–H and O–H groups in total. The number of hydrogen-bond acceptors (Lipinski definition) is 5. The smallest absolute Gasteiger partial charge is 0.475 e. The first-order chi connectivity index (χ1) is 24.9. The Kier molecular flexibility index (Phi) is 13.2. The van der Waals surface area contributed by atoms with E-state index >= 15 is 0 Å². The quantitative estimate of drug-likeness (QED) is 0.325. The maximum absolute atomic E-state index is 13.8. The maximum Gasteiger partial charge on any atom is 0.490 e. The third kappa shape index (κ3) is 10.3. The van der Waals surface area contributed by atoms with Gasteiger partial charge in [-0.25, -0.2) is 4.79 Å². The molecule has 2 aromatic carbocycles. The van der Waals surface area contributed by atoms with Gasteiger partial charge in [0.2, 0.25) is 11.8 Å². The van der Waals surface area contributed by atoms with Crippen LogP contribution in [0.3, 0.4) is 0 Å². The van der Waals surface area contributed by atoms with E-state index in [0.29, 0.717) is 24.2 Å². The van der Waals surface area contributed by atoms with E-state index < -0.39 is 65.0 Å². The molecule has 3 aliphatic rings. The van der Waals surface area contributed by atoms with Crippen LogP contribution in [0.25, 0.3) is 0 Å². The van der Waals surface area contributed by atoms with Crippen LogP contribution in [0, 0.1) is 5.92 Å². The number of aliphatic carboxylic acids is 1. The lowest BCUT2D eigenvalue weighted by Crippen LogP contribution is -2.53. The molecule has 0 spiro atoms. The van der Waals surface area contributed by atoms with Gasteiger partial charge in [0.25, 0.3) is 5.91 Å². The van der Waals surface area contributed by atoms with Crippen LogP contribution in [0.4, 0.5) is 39.5 Å². The van der Waals surface area contributed by atoms with Crippen molar-refractivity contribution in [2.45, 2.75) is 62.2 Å². The van der Waals surface area contributed by atoms with Crippen molar-refractivity contribution in [1.82, 2.24) is 19.6 Å². The van der Waals surface area contributed by atoms with Crippen molar-refractivity contribution in [1.29, 1.82) is 0 Å². The van der Waals surface area contributed by atoms with Gasteiger partial charge in [-0.2, -0.15) is 39.5 Å². The molecule has 3 saturated heterocycles. The maximum atomic E-state index is 13.8. The third-order valence-corrected chi connectivity index (χ3v) is 10.5. The summed E-state index contributed by atoms with van der Waals surface area (Å²) in [5.41, 5.74) is -3.37. The lowest BCUT2D eigenvalue weighted by Gasteiger charge is -2.43. The second-order valence-corrected chi connectivity index (χ2v) is 14.2. The predicted molar refractivity (Wildman–Crippen MR) is 177 cm³/mol. The number of carbonyl (C=O) groups is 4. The van der Waals surface area contributed by atoms with Crippen LogP contribution in [-0.4, -0.2) is 113 Å². The second kappa shape index (κ2) is 16.5. The molecule has 0 radical (unpaired) electrons. The van der Waals surface area contributed by atoms with Crippen LogP contribution in [0.1, 0.15) is 58.6 Å². The topological polar surface area (TPSA) is 101 Å². The van der Waals surface area contributed by atoms with Gasteiger partial charge in [0, 0.05) is 56.7 Å². The molecule has 20 heteroatoms. The minimum atomic E-state index is -5.12. The van der Waals surface area contributed by atoms with Gasteiger partial charge in [-0.05, 0) is 75.3 Å². The van der Waals surface area contributed by atoms with Gasteiger partial charge in [0.15, 0.2) is 0 Å². The molecule has 2 aromatic rings. The fourth-order valence-corrected chi connectivity index (χ4v) is 7.23. The van der Waals surface area contributed by atoms with E-state index in [2.05, 4.69) is 4.90 Å². The molecule has 0 saturated carbocycles. The Morgan fingerprint density at radius 3 is 1.87 bits per heavy atom. The highest BCUT2D eigenvalue weighted by Gasteiger charge is 2.44. The van der Waals surface area contributed by atoms with E-state index in [1.807, 2.05) is 7.05 Å². The molecule has 1 unspecified atom stereocenters. The lowest BCUT2D eigenvalue weighted by molar-refractivity contribution is -0.192. The number of likely N-dealkylation sites (tertiary alicyclic amines) is 3. The molecule has 9 nitrogen and oxygen atoms in total. The first-order valence-corrected chi connectivity index (χ1v) is 17.2. The molecular formula is C34H35Cl2F9N4O5. The summed E-state index contributed by atoms with van der Waals surface area (Å²) in [6.45, 7) is 2.26. The Bertz CT molecular complexity index is 1700. The van der Waals surface area contributed by atoms with Gasteiger partial charge in [-0.15, -0.1) is 0 Å². The van der Waals surface area contributed by atoms with Crippen molar-refractivity contribution >= 4 is 46.9 Å². The van der Waals surface area contributed by atoms with E-state index in [9.17, 15) is 53.9 Å². The van der Waals surface area contributed by atoms with Crippen LogP contribution in [0.15, 0.2) is 36.4 Å². The van der Waals surface area contributed by atoms with Gasteiger partial charge >= 0.3 is 24.5 Å². The van der Waals surface area contributed by atoms with Gasteiger partial charge in [-0.1, -0.05) is 29.3 Å². The summed E-state index contributed by atoms with van der Waals surface area (Å²) in [7, 11) is 3.34. The Morgan fingerprint density at radius 2 is 1.37 bits per heavy atom. The highest BCUT2D eigenvalue weighted by molar-refractivity contribution is 6.42. The number of likely N-dealkylation sites (N-methyl/N-ethyl adjacent to an activating group) is 1. The number of carbonyl (C=O) groups excluding carboxylic acids is 3. The molecular weight excluding hydrogens is 786 g/mol. The first-order valence-electron chi connectivity index (χ1n) is 16.5. The predicted octanol–water partition coefficient (Wildman–Crippen LogP) is 7.06. The third-order valence-electron chi connectivity index (χ3n) is 9.79. The molecule has 3 fully saturated rings.